The van der Waals surface area contributed by atoms with Gasteiger partial charge in [-0.3, -0.25) is 5.32 Å². The van der Waals surface area contributed by atoms with E-state index >= 15 is 0 Å². The van der Waals surface area contributed by atoms with Crippen molar-refractivity contribution in [2.24, 2.45) is 0 Å². The van der Waals surface area contributed by atoms with E-state index in [1.54, 1.807) is 6.20 Å². The molecular weight excluding hydrogens is 240 g/mol. The molecule has 2 rings (SSSR count). The second kappa shape index (κ2) is 5.18. The van der Waals surface area contributed by atoms with Crippen LogP contribution in [0.4, 0.5) is 10.5 Å². The van der Waals surface area contributed by atoms with E-state index in [1.165, 1.54) is 0 Å². The van der Waals surface area contributed by atoms with Crippen molar-refractivity contribution in [3.05, 3.63) is 42.6 Å². The summed E-state index contributed by atoms with van der Waals surface area (Å²) in [6.07, 6.45) is 1.29. The number of amides is 1. The standard InChI is InChI=1S/C15H18N2O2/c1-15(2,3)19-14(18)17-12-9-13(16-10-12)11-7-5-4-6-8-11/h4-10,16H,1-3H3,(H,17,18). The molecule has 0 fully saturated rings. The van der Waals surface area contributed by atoms with Crippen LogP contribution in [0.2, 0.25) is 0 Å². The summed E-state index contributed by atoms with van der Waals surface area (Å²) in [5, 5.41) is 2.70. The second-order valence-corrected chi connectivity index (χ2v) is 5.29. The maximum Gasteiger partial charge on any atom is 0.412 e. The molecule has 1 aromatic carbocycles. The Morgan fingerprint density at radius 3 is 2.53 bits per heavy atom. The van der Waals surface area contributed by atoms with Gasteiger partial charge in [-0.25, -0.2) is 4.79 Å². The molecule has 0 radical (unpaired) electrons. The van der Waals surface area contributed by atoms with Crippen LogP contribution in [0, 0.1) is 0 Å². The van der Waals surface area contributed by atoms with E-state index in [-0.39, 0.29) is 0 Å². The number of benzene rings is 1. The summed E-state index contributed by atoms with van der Waals surface area (Å²) >= 11 is 0. The Balaban J connectivity index is 2.04. The first-order valence-corrected chi connectivity index (χ1v) is 6.18. The highest BCUT2D eigenvalue weighted by Crippen LogP contribution is 2.21. The Morgan fingerprint density at radius 1 is 1.21 bits per heavy atom. The molecule has 0 atom stereocenters. The zero-order valence-electron chi connectivity index (χ0n) is 11.4. The van der Waals surface area contributed by atoms with Crippen molar-refractivity contribution in [2.75, 3.05) is 5.32 Å². The summed E-state index contributed by atoms with van der Waals surface area (Å²) in [6, 6.07) is 11.8. The van der Waals surface area contributed by atoms with E-state index in [0.29, 0.717) is 5.69 Å². The fourth-order valence-corrected chi connectivity index (χ4v) is 1.67. The van der Waals surface area contributed by atoms with Crippen LogP contribution < -0.4 is 5.32 Å². The molecule has 0 spiro atoms. The molecular formula is C15H18N2O2. The fourth-order valence-electron chi connectivity index (χ4n) is 1.67. The molecule has 0 saturated heterocycles. The smallest absolute Gasteiger partial charge is 0.412 e. The van der Waals surface area contributed by atoms with E-state index in [4.69, 9.17) is 4.74 Å². The maximum absolute atomic E-state index is 11.6. The highest BCUT2D eigenvalue weighted by molar-refractivity contribution is 5.86. The highest BCUT2D eigenvalue weighted by Gasteiger charge is 2.16. The fraction of sp³-hybridized carbons (Fsp3) is 0.267. The normalized spacial score (nSPS) is 11.1. The average Bonchev–Trinajstić information content (AvgIpc) is 2.76. The van der Waals surface area contributed by atoms with Crippen LogP contribution in [0.5, 0.6) is 0 Å². The molecule has 2 N–H and O–H groups in total. The third-order valence-electron chi connectivity index (χ3n) is 2.41. The quantitative estimate of drug-likeness (QED) is 0.854. The first-order valence-electron chi connectivity index (χ1n) is 6.18. The number of hydrogen-bond donors (Lipinski definition) is 2. The summed E-state index contributed by atoms with van der Waals surface area (Å²) in [7, 11) is 0. The van der Waals surface area contributed by atoms with Gasteiger partial charge >= 0.3 is 6.09 Å². The molecule has 1 amide bonds. The lowest BCUT2D eigenvalue weighted by atomic mass is 10.1. The van der Waals surface area contributed by atoms with Gasteiger partial charge in [0.05, 0.1) is 5.69 Å². The second-order valence-electron chi connectivity index (χ2n) is 5.29. The van der Waals surface area contributed by atoms with Crippen molar-refractivity contribution < 1.29 is 9.53 Å². The minimum atomic E-state index is -0.497. The largest absolute Gasteiger partial charge is 0.444 e. The van der Waals surface area contributed by atoms with Crippen molar-refractivity contribution in [3.8, 4) is 11.3 Å². The number of rotatable bonds is 2. The van der Waals surface area contributed by atoms with Gasteiger partial charge in [-0.2, -0.15) is 0 Å². The lowest BCUT2D eigenvalue weighted by Gasteiger charge is -2.19. The Morgan fingerprint density at radius 2 is 1.89 bits per heavy atom. The number of H-pyrrole nitrogens is 1. The summed E-state index contributed by atoms with van der Waals surface area (Å²) in [5.74, 6) is 0. The molecule has 0 aliphatic rings. The Kier molecular flexibility index (Phi) is 3.60. The van der Waals surface area contributed by atoms with Gasteiger partial charge in [0.2, 0.25) is 0 Å². The van der Waals surface area contributed by atoms with Crippen molar-refractivity contribution >= 4 is 11.8 Å². The molecule has 4 heteroatoms. The van der Waals surface area contributed by atoms with Gasteiger partial charge in [0.15, 0.2) is 0 Å². The summed E-state index contributed by atoms with van der Waals surface area (Å²) in [4.78, 5) is 14.7. The number of aromatic nitrogens is 1. The highest BCUT2D eigenvalue weighted by atomic mass is 16.6. The molecule has 19 heavy (non-hydrogen) atoms. The molecule has 0 saturated carbocycles. The number of carbonyl (C=O) groups is 1. The third kappa shape index (κ3) is 3.88. The predicted molar refractivity (Wildman–Crippen MR) is 76.1 cm³/mol. The minimum absolute atomic E-state index is 0.453. The molecule has 0 unspecified atom stereocenters. The monoisotopic (exact) mass is 258 g/mol. The van der Waals surface area contributed by atoms with Gasteiger partial charge in [0, 0.05) is 11.9 Å². The van der Waals surface area contributed by atoms with E-state index in [2.05, 4.69) is 10.3 Å². The van der Waals surface area contributed by atoms with Crippen LogP contribution in [0.25, 0.3) is 11.3 Å². The maximum atomic E-state index is 11.6. The van der Waals surface area contributed by atoms with Gasteiger partial charge in [0.1, 0.15) is 5.60 Å². The molecule has 1 aromatic heterocycles. The summed E-state index contributed by atoms with van der Waals surface area (Å²) in [6.45, 7) is 5.50. The first-order chi connectivity index (χ1) is 8.94. The van der Waals surface area contributed by atoms with Crippen LogP contribution in [0.15, 0.2) is 42.6 Å². The van der Waals surface area contributed by atoms with Gasteiger partial charge < -0.3 is 9.72 Å². The minimum Gasteiger partial charge on any atom is -0.444 e. The molecule has 0 aliphatic heterocycles. The topological polar surface area (TPSA) is 54.1 Å². The summed E-state index contributed by atoms with van der Waals surface area (Å²) < 4.78 is 5.19. The number of nitrogens with one attached hydrogen (secondary N) is 2. The molecule has 0 bridgehead atoms. The average molecular weight is 258 g/mol. The van der Waals surface area contributed by atoms with Crippen LogP contribution in [0.3, 0.4) is 0 Å². The molecule has 1 heterocycles. The van der Waals surface area contributed by atoms with Gasteiger partial charge in [-0.05, 0) is 32.4 Å². The molecule has 100 valence electrons. The van der Waals surface area contributed by atoms with Gasteiger partial charge in [-0.1, -0.05) is 30.3 Å². The van der Waals surface area contributed by atoms with Crippen LogP contribution in [-0.4, -0.2) is 16.7 Å². The first kappa shape index (κ1) is 13.2. The van der Waals surface area contributed by atoms with Crippen molar-refractivity contribution in [2.45, 2.75) is 26.4 Å². The Bertz CT molecular complexity index is 553. The van der Waals surface area contributed by atoms with E-state index < -0.39 is 11.7 Å². The Hall–Kier alpha value is -2.23. The molecule has 4 nitrogen and oxygen atoms in total. The zero-order chi connectivity index (χ0) is 13.9. The molecule has 0 aliphatic carbocycles. The van der Waals surface area contributed by atoms with Crippen molar-refractivity contribution in [3.63, 3.8) is 0 Å². The predicted octanol–water partition coefficient (Wildman–Crippen LogP) is 4.03. The van der Waals surface area contributed by atoms with Crippen LogP contribution in [-0.2, 0) is 4.74 Å². The number of aromatic amines is 1. The number of hydrogen-bond acceptors (Lipinski definition) is 2. The SMILES string of the molecule is CC(C)(C)OC(=O)Nc1c[nH]c(-c2ccccc2)c1. The molecule has 2 aromatic rings. The van der Waals surface area contributed by atoms with Crippen molar-refractivity contribution in [1.29, 1.82) is 0 Å². The zero-order valence-corrected chi connectivity index (χ0v) is 11.4. The van der Waals surface area contributed by atoms with Crippen molar-refractivity contribution in [1.82, 2.24) is 4.98 Å². The van der Waals surface area contributed by atoms with E-state index in [1.807, 2.05) is 57.2 Å². The van der Waals surface area contributed by atoms with Gasteiger partial charge in [-0.15, -0.1) is 0 Å². The number of ether oxygens (including phenoxy) is 1. The van der Waals surface area contributed by atoms with Crippen LogP contribution in [0.1, 0.15) is 20.8 Å². The lowest BCUT2D eigenvalue weighted by molar-refractivity contribution is 0.0636. The lowest BCUT2D eigenvalue weighted by Crippen LogP contribution is -2.27. The third-order valence-corrected chi connectivity index (χ3v) is 2.41. The van der Waals surface area contributed by atoms with E-state index in [0.717, 1.165) is 11.3 Å². The summed E-state index contributed by atoms with van der Waals surface area (Å²) in [5.41, 5.74) is 2.21. The number of anilines is 1. The van der Waals surface area contributed by atoms with Crippen LogP contribution >= 0.6 is 0 Å². The number of carbonyl (C=O) groups excluding carboxylic acids is 1. The van der Waals surface area contributed by atoms with Gasteiger partial charge in [0.25, 0.3) is 0 Å². The van der Waals surface area contributed by atoms with E-state index in [9.17, 15) is 4.79 Å². The Labute approximate surface area is 112 Å².